The first-order chi connectivity index (χ1) is 11.7. The number of hydrogen-bond acceptors (Lipinski definition) is 4. The molecular formula is C20H22N2O2. The van der Waals surface area contributed by atoms with Gasteiger partial charge in [0.2, 0.25) is 0 Å². The van der Waals surface area contributed by atoms with Crippen molar-refractivity contribution < 1.29 is 9.90 Å². The van der Waals surface area contributed by atoms with Crippen LogP contribution in [0.15, 0.2) is 24.0 Å². The van der Waals surface area contributed by atoms with Crippen LogP contribution < -0.4 is 0 Å². The normalized spacial score (nSPS) is 23.0. The lowest BCUT2D eigenvalue weighted by Gasteiger charge is -2.53. The fourth-order valence-corrected chi connectivity index (χ4v) is 4.71. The fourth-order valence-electron chi connectivity index (χ4n) is 4.71. The number of nitrogens with zero attached hydrogens (tertiary/aromatic N) is 2. The minimum atomic E-state index is 0.0253. The number of fused-ring (bicyclic) bond motifs is 1. The van der Waals surface area contributed by atoms with Gasteiger partial charge in [0.25, 0.3) is 0 Å². The van der Waals surface area contributed by atoms with Gasteiger partial charge in [0, 0.05) is 44.1 Å². The van der Waals surface area contributed by atoms with Crippen molar-refractivity contribution in [3.63, 3.8) is 0 Å². The van der Waals surface area contributed by atoms with E-state index in [1.54, 1.807) is 12.4 Å². The van der Waals surface area contributed by atoms with Crippen molar-refractivity contribution in [3.8, 4) is 12.3 Å². The van der Waals surface area contributed by atoms with Crippen molar-refractivity contribution in [2.45, 2.75) is 32.1 Å². The Morgan fingerprint density at radius 1 is 1.38 bits per heavy atom. The summed E-state index contributed by atoms with van der Waals surface area (Å²) in [6.07, 6.45) is 14.1. The summed E-state index contributed by atoms with van der Waals surface area (Å²) in [5.41, 5.74) is 3.89. The standard InChI is InChI=1S/C20H22N2O2/c1-2-16-18(24)9-15-12-21-6-3-17(15)19(16)22-7-4-20(5-8-22)10-14(11-20)13-23/h1,3,6,12,14,23H,4-5,7-11,13H2. The van der Waals surface area contributed by atoms with Crippen molar-refractivity contribution in [2.24, 2.45) is 11.3 Å². The van der Waals surface area contributed by atoms with E-state index in [0.29, 0.717) is 29.9 Å². The van der Waals surface area contributed by atoms with E-state index in [0.717, 1.165) is 55.6 Å². The van der Waals surface area contributed by atoms with Crippen molar-refractivity contribution in [1.82, 2.24) is 9.88 Å². The number of pyridine rings is 1. The molecule has 1 N–H and O–H groups in total. The summed E-state index contributed by atoms with van der Waals surface area (Å²) in [5.74, 6) is 3.15. The molecule has 1 aromatic rings. The zero-order valence-electron chi connectivity index (χ0n) is 13.8. The number of likely N-dealkylation sites (tertiary alicyclic amines) is 1. The van der Waals surface area contributed by atoms with Crippen molar-refractivity contribution in [1.29, 1.82) is 0 Å². The van der Waals surface area contributed by atoms with Crippen LogP contribution in [0.2, 0.25) is 0 Å². The molecule has 2 aliphatic carbocycles. The Labute approximate surface area is 142 Å². The summed E-state index contributed by atoms with van der Waals surface area (Å²) in [6.45, 7) is 2.16. The van der Waals surface area contributed by atoms with Crippen LogP contribution in [0.1, 0.15) is 36.8 Å². The summed E-state index contributed by atoms with van der Waals surface area (Å²) < 4.78 is 0. The van der Waals surface area contributed by atoms with Crippen LogP contribution in [0.4, 0.5) is 0 Å². The van der Waals surface area contributed by atoms with Gasteiger partial charge in [0.1, 0.15) is 0 Å². The Morgan fingerprint density at radius 2 is 2.12 bits per heavy atom. The average molecular weight is 322 g/mol. The van der Waals surface area contributed by atoms with E-state index in [2.05, 4.69) is 15.8 Å². The highest BCUT2D eigenvalue weighted by atomic mass is 16.3. The molecule has 0 aromatic carbocycles. The predicted octanol–water partition coefficient (Wildman–Crippen LogP) is 2.04. The highest BCUT2D eigenvalue weighted by Crippen LogP contribution is 2.53. The van der Waals surface area contributed by atoms with Gasteiger partial charge in [0.05, 0.1) is 11.3 Å². The summed E-state index contributed by atoms with van der Waals surface area (Å²) >= 11 is 0. The van der Waals surface area contributed by atoms with Crippen molar-refractivity contribution >= 4 is 11.5 Å². The third kappa shape index (κ3) is 2.35. The van der Waals surface area contributed by atoms with Crippen LogP contribution in [-0.2, 0) is 11.2 Å². The van der Waals surface area contributed by atoms with E-state index in [1.165, 1.54) is 0 Å². The Hall–Kier alpha value is -2.12. The first-order valence-corrected chi connectivity index (χ1v) is 8.69. The molecule has 4 heteroatoms. The maximum atomic E-state index is 12.4. The molecule has 2 heterocycles. The quantitative estimate of drug-likeness (QED) is 0.847. The second kappa shape index (κ2) is 5.75. The minimum absolute atomic E-state index is 0.0253. The molecule has 3 aliphatic rings. The van der Waals surface area contributed by atoms with Crippen LogP contribution in [0, 0.1) is 23.7 Å². The molecule has 1 saturated heterocycles. The monoisotopic (exact) mass is 322 g/mol. The molecule has 1 saturated carbocycles. The number of Topliss-reactive ketones (excluding diaryl/α,β-unsaturated/α-hetero) is 1. The number of ketones is 1. The first-order valence-electron chi connectivity index (χ1n) is 8.69. The highest BCUT2D eigenvalue weighted by molar-refractivity contribution is 6.10. The number of terminal acetylenes is 1. The zero-order chi connectivity index (χ0) is 16.7. The van der Waals surface area contributed by atoms with Gasteiger partial charge in [-0.2, -0.15) is 0 Å². The Bertz CT molecular complexity index is 743. The van der Waals surface area contributed by atoms with Crippen molar-refractivity contribution in [3.05, 3.63) is 35.2 Å². The fraction of sp³-hybridized carbons (Fsp3) is 0.500. The molecule has 2 fully saturated rings. The van der Waals surface area contributed by atoms with Gasteiger partial charge in [-0.15, -0.1) is 6.42 Å². The maximum Gasteiger partial charge on any atom is 0.177 e. The van der Waals surface area contributed by atoms with Gasteiger partial charge < -0.3 is 10.0 Å². The Morgan fingerprint density at radius 3 is 2.79 bits per heavy atom. The van der Waals surface area contributed by atoms with E-state index in [9.17, 15) is 9.90 Å². The number of piperidine rings is 1. The van der Waals surface area contributed by atoms with Gasteiger partial charge >= 0.3 is 0 Å². The second-order valence-corrected chi connectivity index (χ2v) is 7.44. The first kappa shape index (κ1) is 15.4. The van der Waals surface area contributed by atoms with Crippen molar-refractivity contribution in [2.75, 3.05) is 19.7 Å². The summed E-state index contributed by atoms with van der Waals surface area (Å²) in [4.78, 5) is 18.9. The molecule has 0 amide bonds. The molecule has 124 valence electrons. The lowest BCUT2D eigenvalue weighted by atomic mass is 9.58. The molecule has 0 atom stereocenters. The van der Waals surface area contributed by atoms with Gasteiger partial charge in [-0.05, 0) is 48.6 Å². The highest BCUT2D eigenvalue weighted by Gasteiger charge is 2.46. The number of aromatic nitrogens is 1. The molecule has 0 bridgehead atoms. The van der Waals surface area contributed by atoms with Crippen LogP contribution in [0.5, 0.6) is 0 Å². The molecule has 4 rings (SSSR count). The maximum absolute atomic E-state index is 12.4. The SMILES string of the molecule is C#CC1=C(N2CCC3(CC2)CC(CO)C3)c2ccncc2CC1=O. The number of carbonyl (C=O) groups excluding carboxylic acids is 1. The van der Waals surface area contributed by atoms with Gasteiger partial charge in [-0.25, -0.2) is 0 Å². The number of aliphatic hydroxyl groups is 1. The van der Waals surface area contributed by atoms with Gasteiger partial charge in [-0.3, -0.25) is 9.78 Å². The number of carbonyl (C=O) groups is 1. The molecule has 24 heavy (non-hydrogen) atoms. The lowest BCUT2D eigenvalue weighted by Crippen LogP contribution is -2.47. The molecule has 4 nitrogen and oxygen atoms in total. The largest absolute Gasteiger partial charge is 0.396 e. The van der Waals surface area contributed by atoms with Gasteiger partial charge in [-0.1, -0.05) is 5.92 Å². The molecule has 1 aliphatic heterocycles. The van der Waals surface area contributed by atoms with Crippen LogP contribution >= 0.6 is 0 Å². The molecule has 1 spiro atoms. The molecule has 0 unspecified atom stereocenters. The third-order valence-electron chi connectivity index (χ3n) is 6.01. The lowest BCUT2D eigenvalue weighted by molar-refractivity contribution is -0.114. The molecule has 1 aromatic heterocycles. The van der Waals surface area contributed by atoms with E-state index >= 15 is 0 Å². The minimum Gasteiger partial charge on any atom is -0.396 e. The van der Waals surface area contributed by atoms with Gasteiger partial charge in [0.15, 0.2) is 5.78 Å². The number of allylic oxidation sites excluding steroid dienone is 1. The van der Waals surface area contributed by atoms with Crippen LogP contribution in [-0.4, -0.2) is 40.5 Å². The third-order valence-corrected chi connectivity index (χ3v) is 6.01. The van der Waals surface area contributed by atoms with Crippen LogP contribution in [0.25, 0.3) is 5.70 Å². The smallest absolute Gasteiger partial charge is 0.177 e. The average Bonchev–Trinajstić information content (AvgIpc) is 2.58. The molecular weight excluding hydrogens is 300 g/mol. The second-order valence-electron chi connectivity index (χ2n) is 7.44. The summed E-state index contributed by atoms with van der Waals surface area (Å²) in [5, 5.41) is 9.28. The van der Waals surface area contributed by atoms with E-state index in [1.807, 2.05) is 6.07 Å². The zero-order valence-corrected chi connectivity index (χ0v) is 13.8. The molecule has 0 radical (unpaired) electrons. The van der Waals surface area contributed by atoms with Crippen LogP contribution in [0.3, 0.4) is 0 Å². The van der Waals surface area contributed by atoms with E-state index in [-0.39, 0.29) is 5.78 Å². The van der Waals surface area contributed by atoms with E-state index in [4.69, 9.17) is 6.42 Å². The predicted molar refractivity (Wildman–Crippen MR) is 91.8 cm³/mol. The Balaban J connectivity index is 1.61. The topological polar surface area (TPSA) is 53.4 Å². The number of hydrogen-bond donors (Lipinski definition) is 1. The number of rotatable bonds is 2. The Kier molecular flexibility index (Phi) is 3.69. The van der Waals surface area contributed by atoms with E-state index < -0.39 is 0 Å². The summed E-state index contributed by atoms with van der Waals surface area (Å²) in [7, 11) is 0. The summed E-state index contributed by atoms with van der Waals surface area (Å²) in [6, 6.07) is 1.98. The number of aliphatic hydroxyl groups excluding tert-OH is 1.